The maximum Gasteiger partial charge on any atom is 0.229 e. The number of ether oxygens (including phenoxy) is 3. The number of H-pyrrole nitrogens is 1. The van der Waals surface area contributed by atoms with Gasteiger partial charge in [-0.1, -0.05) is 12.1 Å². The van der Waals surface area contributed by atoms with E-state index in [0.717, 1.165) is 34.4 Å². The molecule has 3 heterocycles. The fourth-order valence-electron chi connectivity index (χ4n) is 4.37. The Hall–Kier alpha value is -2.69. The minimum absolute atomic E-state index is 0.428. The largest absolute Gasteiger partial charge is 0.493 e. The maximum atomic E-state index is 10.4. The Morgan fingerprint density at radius 2 is 1.97 bits per heavy atom. The van der Waals surface area contributed by atoms with Crippen molar-refractivity contribution in [2.24, 2.45) is 0 Å². The number of nitrogens with zero attached hydrogens (tertiary/aromatic N) is 1. The molecule has 170 valence electrons. The zero-order valence-corrected chi connectivity index (χ0v) is 17.6. The van der Waals surface area contributed by atoms with Crippen molar-refractivity contribution in [2.75, 3.05) is 13.2 Å². The standard InChI is InChI=1S/C23H26N2O7/c1-11-6-14-19(15(25-24-14)9-12-2-3-16-13(8-12)4-5-30-16)17(7-11)31-23-22(29)21(28)20(27)18(10-26)32-23/h2-3,6-8,18,20-23,26-29H,4-5,9-10H2,1H3,(H,24,25)/t18-,20-,21+,22-,23-/m1/s1. The molecule has 9 heteroatoms. The summed E-state index contributed by atoms with van der Waals surface area (Å²) in [6, 6.07) is 9.85. The number of aromatic nitrogens is 2. The number of aliphatic hydroxyl groups is 4. The normalized spacial score (nSPS) is 27.3. The molecule has 5 atom stereocenters. The quantitative estimate of drug-likeness (QED) is 0.387. The van der Waals surface area contributed by atoms with Crippen LogP contribution in [0.5, 0.6) is 11.5 Å². The first-order valence-electron chi connectivity index (χ1n) is 10.6. The van der Waals surface area contributed by atoms with E-state index in [9.17, 15) is 20.4 Å². The smallest absolute Gasteiger partial charge is 0.229 e. The van der Waals surface area contributed by atoms with Gasteiger partial charge in [0, 0.05) is 12.8 Å². The van der Waals surface area contributed by atoms with Crippen molar-refractivity contribution in [2.45, 2.75) is 50.5 Å². The maximum absolute atomic E-state index is 10.4. The Morgan fingerprint density at radius 3 is 2.78 bits per heavy atom. The molecule has 2 aromatic carbocycles. The number of fused-ring (bicyclic) bond motifs is 2. The molecular weight excluding hydrogens is 416 g/mol. The van der Waals surface area contributed by atoms with E-state index < -0.39 is 37.3 Å². The molecule has 0 spiro atoms. The van der Waals surface area contributed by atoms with Gasteiger partial charge >= 0.3 is 0 Å². The molecule has 0 bridgehead atoms. The van der Waals surface area contributed by atoms with Crippen LogP contribution in [0.4, 0.5) is 0 Å². The van der Waals surface area contributed by atoms with Crippen LogP contribution < -0.4 is 9.47 Å². The van der Waals surface area contributed by atoms with E-state index in [1.807, 2.05) is 25.1 Å². The summed E-state index contributed by atoms with van der Waals surface area (Å²) in [5.41, 5.74) is 4.70. The van der Waals surface area contributed by atoms with Gasteiger partial charge in [0.15, 0.2) is 0 Å². The Kier molecular flexibility index (Phi) is 5.52. The lowest BCUT2D eigenvalue weighted by atomic mass is 9.99. The highest BCUT2D eigenvalue weighted by atomic mass is 16.7. The van der Waals surface area contributed by atoms with Crippen molar-refractivity contribution >= 4 is 10.9 Å². The number of benzene rings is 2. The van der Waals surface area contributed by atoms with Crippen LogP contribution in [0, 0.1) is 6.92 Å². The van der Waals surface area contributed by atoms with Gasteiger partial charge in [-0.05, 0) is 41.8 Å². The summed E-state index contributed by atoms with van der Waals surface area (Å²) in [5.74, 6) is 1.35. The summed E-state index contributed by atoms with van der Waals surface area (Å²) in [4.78, 5) is 0. The van der Waals surface area contributed by atoms with E-state index in [1.54, 1.807) is 6.07 Å². The summed E-state index contributed by atoms with van der Waals surface area (Å²) in [6.07, 6.45) is -5.29. The van der Waals surface area contributed by atoms with Crippen molar-refractivity contribution in [3.63, 3.8) is 0 Å². The second-order valence-electron chi connectivity index (χ2n) is 8.39. The monoisotopic (exact) mass is 442 g/mol. The lowest BCUT2D eigenvalue weighted by Gasteiger charge is -2.39. The Morgan fingerprint density at radius 1 is 1.12 bits per heavy atom. The number of hydrogen-bond acceptors (Lipinski definition) is 8. The van der Waals surface area contributed by atoms with Gasteiger partial charge in [-0.25, -0.2) is 0 Å². The van der Waals surface area contributed by atoms with Crippen molar-refractivity contribution in [1.82, 2.24) is 10.2 Å². The highest BCUT2D eigenvalue weighted by molar-refractivity contribution is 5.88. The molecular formula is C23H26N2O7. The van der Waals surface area contributed by atoms with E-state index in [-0.39, 0.29) is 0 Å². The lowest BCUT2D eigenvalue weighted by molar-refractivity contribution is -0.277. The second kappa shape index (κ2) is 8.34. The molecule has 0 saturated carbocycles. The van der Waals surface area contributed by atoms with Gasteiger partial charge in [0.25, 0.3) is 0 Å². The molecule has 1 aromatic heterocycles. The molecule has 32 heavy (non-hydrogen) atoms. The highest BCUT2D eigenvalue weighted by Gasteiger charge is 2.45. The summed E-state index contributed by atoms with van der Waals surface area (Å²) in [6.45, 7) is 2.07. The van der Waals surface area contributed by atoms with Crippen LogP contribution in [0.15, 0.2) is 30.3 Å². The first kappa shape index (κ1) is 21.2. The molecule has 0 unspecified atom stereocenters. The van der Waals surface area contributed by atoms with E-state index in [1.165, 1.54) is 5.56 Å². The first-order chi connectivity index (χ1) is 15.4. The number of rotatable bonds is 5. The number of aliphatic hydroxyl groups excluding tert-OH is 4. The van der Waals surface area contributed by atoms with Crippen molar-refractivity contribution in [3.05, 3.63) is 52.7 Å². The number of aryl methyl sites for hydroxylation is 1. The molecule has 5 N–H and O–H groups in total. The van der Waals surface area contributed by atoms with Crippen LogP contribution >= 0.6 is 0 Å². The highest BCUT2D eigenvalue weighted by Crippen LogP contribution is 2.34. The van der Waals surface area contributed by atoms with E-state index in [4.69, 9.17) is 14.2 Å². The molecule has 0 radical (unpaired) electrons. The molecule has 3 aromatic rings. The summed E-state index contributed by atoms with van der Waals surface area (Å²) in [7, 11) is 0. The molecule has 0 amide bonds. The second-order valence-corrected chi connectivity index (χ2v) is 8.39. The molecule has 9 nitrogen and oxygen atoms in total. The predicted molar refractivity (Wildman–Crippen MR) is 114 cm³/mol. The molecule has 2 aliphatic heterocycles. The summed E-state index contributed by atoms with van der Waals surface area (Å²) in [5, 5.41) is 48.2. The van der Waals surface area contributed by atoms with Crippen molar-refractivity contribution in [3.8, 4) is 11.5 Å². The number of nitrogens with one attached hydrogen (secondary N) is 1. The Balaban J connectivity index is 1.47. The topological polar surface area (TPSA) is 137 Å². The van der Waals surface area contributed by atoms with Crippen LogP contribution in [0.2, 0.25) is 0 Å². The van der Waals surface area contributed by atoms with E-state index in [0.29, 0.717) is 24.3 Å². The Bertz CT molecular complexity index is 1130. The minimum atomic E-state index is -1.51. The van der Waals surface area contributed by atoms with Gasteiger partial charge in [-0.2, -0.15) is 5.10 Å². The van der Waals surface area contributed by atoms with Crippen LogP contribution in [0.25, 0.3) is 10.9 Å². The van der Waals surface area contributed by atoms with Crippen LogP contribution in [-0.2, 0) is 17.6 Å². The first-order valence-corrected chi connectivity index (χ1v) is 10.6. The van der Waals surface area contributed by atoms with Gasteiger partial charge in [0.2, 0.25) is 6.29 Å². The SMILES string of the molecule is Cc1cc(O[C@@H]2O[C@H](CO)[C@@H](O)[C@H](O)[C@H]2O)c2c(Cc3ccc4c(c3)CCO4)[nH]nc2c1. The zero-order valence-electron chi connectivity index (χ0n) is 17.6. The molecule has 0 aliphatic carbocycles. The third kappa shape index (κ3) is 3.72. The van der Waals surface area contributed by atoms with Crippen molar-refractivity contribution in [1.29, 1.82) is 0 Å². The van der Waals surface area contributed by atoms with Crippen LogP contribution in [-0.4, -0.2) is 74.5 Å². The third-order valence-electron chi connectivity index (χ3n) is 6.07. The average Bonchev–Trinajstić information content (AvgIpc) is 3.40. The van der Waals surface area contributed by atoms with E-state index >= 15 is 0 Å². The van der Waals surface area contributed by atoms with Gasteiger partial charge in [-0.3, -0.25) is 5.10 Å². The lowest BCUT2D eigenvalue weighted by Crippen LogP contribution is -2.60. The van der Waals surface area contributed by atoms with Gasteiger partial charge in [-0.15, -0.1) is 0 Å². The third-order valence-corrected chi connectivity index (χ3v) is 6.07. The zero-order chi connectivity index (χ0) is 22.4. The summed E-state index contributed by atoms with van der Waals surface area (Å²) >= 11 is 0. The average molecular weight is 442 g/mol. The molecule has 5 rings (SSSR count). The fourth-order valence-corrected chi connectivity index (χ4v) is 4.37. The van der Waals surface area contributed by atoms with Crippen LogP contribution in [0.3, 0.4) is 0 Å². The van der Waals surface area contributed by atoms with Gasteiger partial charge in [0.05, 0.1) is 29.8 Å². The number of hydrogen-bond donors (Lipinski definition) is 5. The minimum Gasteiger partial charge on any atom is -0.493 e. The molecule has 1 fully saturated rings. The van der Waals surface area contributed by atoms with Crippen molar-refractivity contribution < 1.29 is 34.6 Å². The van der Waals surface area contributed by atoms with E-state index in [2.05, 4.69) is 16.3 Å². The molecule has 2 aliphatic rings. The predicted octanol–water partition coefficient (Wildman–Crippen LogP) is 0.576. The molecule has 1 saturated heterocycles. The Labute approximate surface area is 184 Å². The summed E-state index contributed by atoms with van der Waals surface area (Å²) < 4.78 is 17.1. The fraction of sp³-hybridized carbons (Fsp3) is 0.435. The number of aromatic amines is 1. The van der Waals surface area contributed by atoms with Gasteiger partial charge < -0.3 is 34.6 Å². The van der Waals surface area contributed by atoms with Gasteiger partial charge in [0.1, 0.15) is 35.9 Å². The van der Waals surface area contributed by atoms with Crippen LogP contribution in [0.1, 0.15) is 22.4 Å².